The Labute approximate surface area is 151 Å². The van der Waals surface area contributed by atoms with E-state index in [4.69, 9.17) is 4.74 Å². The van der Waals surface area contributed by atoms with Gasteiger partial charge in [-0.05, 0) is 50.0 Å². The van der Waals surface area contributed by atoms with E-state index < -0.39 is 0 Å². The highest BCUT2D eigenvalue weighted by Crippen LogP contribution is 2.29. The standard InChI is InChI=1S/C20H32N2O3/c1-14(2)12-18(17-6-4-5-7-19(17)25-3)22-20(24)21-16-10-8-15(13-23)9-11-16/h4-7,14-16,18,23H,8-13H2,1-3H3,(H2,21,22,24). The summed E-state index contributed by atoms with van der Waals surface area (Å²) < 4.78 is 5.47. The molecule has 0 spiro atoms. The fraction of sp³-hybridized carbons (Fsp3) is 0.650. The Hall–Kier alpha value is -1.75. The summed E-state index contributed by atoms with van der Waals surface area (Å²) in [5, 5.41) is 15.5. The number of aliphatic hydroxyl groups is 1. The van der Waals surface area contributed by atoms with Gasteiger partial charge in [0.15, 0.2) is 0 Å². The monoisotopic (exact) mass is 348 g/mol. The minimum Gasteiger partial charge on any atom is -0.496 e. The third-order valence-electron chi connectivity index (χ3n) is 4.97. The molecule has 140 valence electrons. The van der Waals surface area contributed by atoms with Crippen LogP contribution in [0.1, 0.15) is 57.6 Å². The van der Waals surface area contributed by atoms with E-state index in [-0.39, 0.29) is 24.7 Å². The predicted molar refractivity (Wildman–Crippen MR) is 99.7 cm³/mol. The number of nitrogens with one attached hydrogen (secondary N) is 2. The van der Waals surface area contributed by atoms with Gasteiger partial charge in [0.05, 0.1) is 13.2 Å². The molecule has 0 bridgehead atoms. The summed E-state index contributed by atoms with van der Waals surface area (Å²) in [6.45, 7) is 4.56. The summed E-state index contributed by atoms with van der Waals surface area (Å²) in [7, 11) is 1.66. The van der Waals surface area contributed by atoms with Crippen LogP contribution in [-0.2, 0) is 0 Å². The number of benzene rings is 1. The van der Waals surface area contributed by atoms with Crippen molar-refractivity contribution in [3.8, 4) is 5.75 Å². The SMILES string of the molecule is COc1ccccc1C(CC(C)C)NC(=O)NC1CCC(CO)CC1. The van der Waals surface area contributed by atoms with Crippen LogP contribution in [0.3, 0.4) is 0 Å². The van der Waals surface area contributed by atoms with Crippen molar-refractivity contribution < 1.29 is 14.6 Å². The van der Waals surface area contributed by atoms with Crippen LogP contribution in [0.15, 0.2) is 24.3 Å². The average Bonchev–Trinajstić information content (AvgIpc) is 2.61. The highest BCUT2D eigenvalue weighted by Gasteiger charge is 2.24. The van der Waals surface area contributed by atoms with Gasteiger partial charge in [-0.1, -0.05) is 32.0 Å². The van der Waals surface area contributed by atoms with Crippen LogP contribution < -0.4 is 15.4 Å². The second-order valence-corrected chi connectivity index (χ2v) is 7.44. The molecule has 2 amide bonds. The largest absolute Gasteiger partial charge is 0.496 e. The molecule has 25 heavy (non-hydrogen) atoms. The number of para-hydroxylation sites is 1. The van der Waals surface area contributed by atoms with Gasteiger partial charge >= 0.3 is 6.03 Å². The number of urea groups is 1. The third-order valence-corrected chi connectivity index (χ3v) is 4.97. The second-order valence-electron chi connectivity index (χ2n) is 7.44. The minimum absolute atomic E-state index is 0.0788. The van der Waals surface area contributed by atoms with E-state index in [1.54, 1.807) is 7.11 Å². The zero-order chi connectivity index (χ0) is 18.2. The topological polar surface area (TPSA) is 70.6 Å². The molecule has 2 rings (SSSR count). The molecule has 1 aromatic rings. The van der Waals surface area contributed by atoms with Gasteiger partial charge in [-0.25, -0.2) is 4.79 Å². The maximum absolute atomic E-state index is 12.5. The molecule has 0 aromatic heterocycles. The van der Waals surface area contributed by atoms with E-state index in [0.717, 1.165) is 43.4 Å². The first-order chi connectivity index (χ1) is 12.0. The van der Waals surface area contributed by atoms with E-state index in [9.17, 15) is 9.90 Å². The Morgan fingerprint density at radius 1 is 1.24 bits per heavy atom. The van der Waals surface area contributed by atoms with Crippen molar-refractivity contribution in [2.24, 2.45) is 11.8 Å². The Morgan fingerprint density at radius 3 is 2.52 bits per heavy atom. The summed E-state index contributed by atoms with van der Waals surface area (Å²) in [5.41, 5.74) is 1.01. The zero-order valence-electron chi connectivity index (χ0n) is 15.6. The van der Waals surface area contributed by atoms with Gasteiger partial charge in [0.1, 0.15) is 5.75 Å². The van der Waals surface area contributed by atoms with Crippen LogP contribution in [-0.4, -0.2) is 30.9 Å². The number of amides is 2. The van der Waals surface area contributed by atoms with Gasteiger partial charge in [0.25, 0.3) is 0 Å². The number of aliphatic hydroxyl groups excluding tert-OH is 1. The first kappa shape index (κ1) is 19.6. The molecule has 1 saturated carbocycles. The highest BCUT2D eigenvalue weighted by atomic mass is 16.5. The summed E-state index contributed by atoms with van der Waals surface area (Å²) >= 11 is 0. The van der Waals surface area contributed by atoms with Crippen molar-refractivity contribution in [1.29, 1.82) is 0 Å². The van der Waals surface area contributed by atoms with E-state index in [1.807, 2.05) is 24.3 Å². The van der Waals surface area contributed by atoms with Crippen LogP contribution in [0.4, 0.5) is 4.79 Å². The molecule has 1 aliphatic carbocycles. The normalized spacial score (nSPS) is 21.6. The number of ether oxygens (including phenoxy) is 1. The molecular formula is C20H32N2O3. The Bertz CT molecular complexity index is 539. The number of rotatable bonds is 7. The molecule has 1 fully saturated rings. The summed E-state index contributed by atoms with van der Waals surface area (Å²) in [6, 6.07) is 7.85. The number of carbonyl (C=O) groups excluding carboxylic acids is 1. The first-order valence-electron chi connectivity index (χ1n) is 9.34. The highest BCUT2D eigenvalue weighted by molar-refractivity contribution is 5.75. The second kappa shape index (κ2) is 9.66. The molecule has 1 aliphatic rings. The fourth-order valence-corrected chi connectivity index (χ4v) is 3.56. The van der Waals surface area contributed by atoms with Crippen molar-refractivity contribution >= 4 is 6.03 Å². The quantitative estimate of drug-likeness (QED) is 0.704. The van der Waals surface area contributed by atoms with Gasteiger partial charge in [-0.15, -0.1) is 0 Å². The number of hydrogen-bond donors (Lipinski definition) is 3. The van der Waals surface area contributed by atoms with Crippen LogP contribution >= 0.6 is 0 Å². The van der Waals surface area contributed by atoms with Crippen LogP contribution in [0.25, 0.3) is 0 Å². The lowest BCUT2D eigenvalue weighted by Crippen LogP contribution is -2.45. The van der Waals surface area contributed by atoms with E-state index in [1.165, 1.54) is 0 Å². The summed E-state index contributed by atoms with van der Waals surface area (Å²) in [4.78, 5) is 12.5. The molecule has 0 heterocycles. The van der Waals surface area contributed by atoms with Crippen molar-refractivity contribution in [3.63, 3.8) is 0 Å². The Kier molecular flexibility index (Phi) is 7.56. The van der Waals surface area contributed by atoms with Gasteiger partial charge < -0.3 is 20.5 Å². The van der Waals surface area contributed by atoms with Gasteiger partial charge in [-0.3, -0.25) is 0 Å². The molecule has 0 aliphatic heterocycles. The number of hydrogen-bond acceptors (Lipinski definition) is 3. The summed E-state index contributed by atoms with van der Waals surface area (Å²) in [6.07, 6.45) is 4.67. The fourth-order valence-electron chi connectivity index (χ4n) is 3.56. The van der Waals surface area contributed by atoms with Crippen molar-refractivity contribution in [2.45, 2.75) is 58.0 Å². The Balaban J connectivity index is 1.98. The Morgan fingerprint density at radius 2 is 1.92 bits per heavy atom. The van der Waals surface area contributed by atoms with Crippen molar-refractivity contribution in [2.75, 3.05) is 13.7 Å². The lowest BCUT2D eigenvalue weighted by atomic mass is 9.86. The number of carbonyl (C=O) groups is 1. The van der Waals surface area contributed by atoms with Crippen LogP contribution in [0.5, 0.6) is 5.75 Å². The minimum atomic E-state index is -0.121. The smallest absolute Gasteiger partial charge is 0.315 e. The molecule has 1 aromatic carbocycles. The van der Waals surface area contributed by atoms with Gasteiger partial charge in [0, 0.05) is 18.2 Å². The van der Waals surface area contributed by atoms with Crippen LogP contribution in [0, 0.1) is 11.8 Å². The molecular weight excluding hydrogens is 316 g/mol. The van der Waals surface area contributed by atoms with E-state index >= 15 is 0 Å². The van der Waals surface area contributed by atoms with Crippen LogP contribution in [0.2, 0.25) is 0 Å². The van der Waals surface area contributed by atoms with E-state index in [2.05, 4.69) is 24.5 Å². The number of methoxy groups -OCH3 is 1. The van der Waals surface area contributed by atoms with Gasteiger partial charge in [0.2, 0.25) is 0 Å². The lowest BCUT2D eigenvalue weighted by molar-refractivity contribution is 0.174. The lowest BCUT2D eigenvalue weighted by Gasteiger charge is -2.29. The third kappa shape index (κ3) is 5.92. The zero-order valence-corrected chi connectivity index (χ0v) is 15.6. The average molecular weight is 348 g/mol. The molecule has 3 N–H and O–H groups in total. The molecule has 5 heteroatoms. The van der Waals surface area contributed by atoms with Gasteiger partial charge in [-0.2, -0.15) is 0 Å². The maximum Gasteiger partial charge on any atom is 0.315 e. The molecule has 0 radical (unpaired) electrons. The molecule has 5 nitrogen and oxygen atoms in total. The summed E-state index contributed by atoms with van der Waals surface area (Å²) in [5.74, 6) is 1.65. The molecule has 0 saturated heterocycles. The molecule has 1 atom stereocenters. The predicted octanol–water partition coefficient (Wildman–Crippen LogP) is 3.63. The van der Waals surface area contributed by atoms with E-state index in [0.29, 0.717) is 11.8 Å². The first-order valence-corrected chi connectivity index (χ1v) is 9.34. The van der Waals surface area contributed by atoms with Crippen molar-refractivity contribution in [3.05, 3.63) is 29.8 Å². The maximum atomic E-state index is 12.5. The van der Waals surface area contributed by atoms with Crippen molar-refractivity contribution in [1.82, 2.24) is 10.6 Å². The molecule has 1 unspecified atom stereocenters.